The van der Waals surface area contributed by atoms with Crippen LogP contribution in [0.1, 0.15) is 51.4 Å². The highest BCUT2D eigenvalue weighted by atomic mass is 16.5. The monoisotopic (exact) mass is 325 g/mol. The highest BCUT2D eigenvalue weighted by Gasteiger charge is 2.37. The van der Waals surface area contributed by atoms with E-state index < -0.39 is 12.1 Å². The van der Waals surface area contributed by atoms with E-state index in [4.69, 9.17) is 14.6 Å². The van der Waals surface area contributed by atoms with Crippen LogP contribution in [0, 0.1) is 5.92 Å². The number of carbonyl (C=O) groups is 2. The lowest BCUT2D eigenvalue weighted by molar-refractivity contribution is -0.151. The van der Waals surface area contributed by atoms with Gasteiger partial charge in [0.05, 0.1) is 12.2 Å². The standard InChI is InChI=1S/C17H27NO5/c19-16(11-22-13-3-1-2-4-13)18-9-7-12(8-10-18)14-5-6-15(23-14)17(20)21/h12-15H,1-11H2,(H,20,21)/t14-,15+/m0/s1. The van der Waals surface area contributed by atoms with Gasteiger partial charge in [-0.15, -0.1) is 0 Å². The van der Waals surface area contributed by atoms with Crippen LogP contribution < -0.4 is 0 Å². The van der Waals surface area contributed by atoms with Crippen LogP contribution in [-0.2, 0) is 19.1 Å². The van der Waals surface area contributed by atoms with Crippen molar-refractivity contribution < 1.29 is 24.2 Å². The lowest BCUT2D eigenvalue weighted by atomic mass is 9.90. The molecular weight excluding hydrogens is 298 g/mol. The number of hydrogen-bond donors (Lipinski definition) is 1. The van der Waals surface area contributed by atoms with Gasteiger partial charge in [0.25, 0.3) is 0 Å². The van der Waals surface area contributed by atoms with Gasteiger partial charge in [0, 0.05) is 13.1 Å². The van der Waals surface area contributed by atoms with Crippen LogP contribution in [0.5, 0.6) is 0 Å². The summed E-state index contributed by atoms with van der Waals surface area (Å²) in [6, 6.07) is 0. The normalized spacial score (nSPS) is 30.0. The van der Waals surface area contributed by atoms with Gasteiger partial charge in [-0.05, 0) is 44.4 Å². The number of amides is 1. The SMILES string of the molecule is O=C(O)[C@H]1CC[C@@H](C2CCN(C(=O)COC3CCCC3)CC2)O1. The molecular formula is C17H27NO5. The lowest BCUT2D eigenvalue weighted by Gasteiger charge is -2.34. The average molecular weight is 325 g/mol. The van der Waals surface area contributed by atoms with Crippen LogP contribution in [0.15, 0.2) is 0 Å². The molecule has 2 aliphatic heterocycles. The molecule has 0 aromatic carbocycles. The molecule has 3 aliphatic rings. The maximum atomic E-state index is 12.2. The summed E-state index contributed by atoms with van der Waals surface area (Å²) >= 11 is 0. The molecule has 0 aromatic heterocycles. The maximum Gasteiger partial charge on any atom is 0.332 e. The van der Waals surface area contributed by atoms with Crippen molar-refractivity contribution in [2.24, 2.45) is 5.92 Å². The predicted octanol–water partition coefficient (Wildman–Crippen LogP) is 1.82. The molecule has 0 bridgehead atoms. The van der Waals surface area contributed by atoms with Crippen molar-refractivity contribution in [3.05, 3.63) is 0 Å². The van der Waals surface area contributed by atoms with Crippen molar-refractivity contribution in [3.8, 4) is 0 Å². The third-order valence-electron chi connectivity index (χ3n) is 5.49. The largest absolute Gasteiger partial charge is 0.479 e. The molecule has 2 atom stereocenters. The van der Waals surface area contributed by atoms with Crippen LogP contribution in [0.2, 0.25) is 0 Å². The zero-order valence-corrected chi connectivity index (χ0v) is 13.6. The van der Waals surface area contributed by atoms with Crippen molar-refractivity contribution in [2.45, 2.75) is 69.7 Å². The second-order valence-corrected chi connectivity index (χ2v) is 7.01. The Kier molecular flexibility index (Phi) is 5.54. The number of likely N-dealkylation sites (tertiary alicyclic amines) is 1. The summed E-state index contributed by atoms with van der Waals surface area (Å²) in [5.41, 5.74) is 0. The summed E-state index contributed by atoms with van der Waals surface area (Å²) < 4.78 is 11.3. The van der Waals surface area contributed by atoms with Crippen LogP contribution in [-0.4, -0.2) is 59.9 Å². The van der Waals surface area contributed by atoms with Gasteiger partial charge in [-0.3, -0.25) is 4.79 Å². The van der Waals surface area contributed by atoms with Crippen molar-refractivity contribution in [1.29, 1.82) is 0 Å². The Morgan fingerprint density at radius 3 is 2.35 bits per heavy atom. The van der Waals surface area contributed by atoms with E-state index in [0.717, 1.165) is 45.2 Å². The van der Waals surface area contributed by atoms with E-state index in [1.165, 1.54) is 12.8 Å². The summed E-state index contributed by atoms with van der Waals surface area (Å²) in [7, 11) is 0. The Morgan fingerprint density at radius 1 is 1.04 bits per heavy atom. The third kappa shape index (κ3) is 4.23. The first-order valence-electron chi connectivity index (χ1n) is 8.91. The van der Waals surface area contributed by atoms with Crippen LogP contribution in [0.3, 0.4) is 0 Å². The fourth-order valence-corrected chi connectivity index (χ4v) is 4.05. The van der Waals surface area contributed by atoms with Crippen molar-refractivity contribution in [3.63, 3.8) is 0 Å². The number of ether oxygens (including phenoxy) is 2. The third-order valence-corrected chi connectivity index (χ3v) is 5.49. The first-order chi connectivity index (χ1) is 11.1. The number of carboxylic acid groups (broad SMARTS) is 1. The molecule has 6 heteroatoms. The number of rotatable bonds is 5. The second kappa shape index (κ2) is 7.62. The Hall–Kier alpha value is -1.14. The van der Waals surface area contributed by atoms with E-state index in [9.17, 15) is 9.59 Å². The van der Waals surface area contributed by atoms with Gasteiger partial charge in [0.2, 0.25) is 5.91 Å². The van der Waals surface area contributed by atoms with Crippen LogP contribution >= 0.6 is 0 Å². The molecule has 0 spiro atoms. The molecule has 3 fully saturated rings. The van der Waals surface area contributed by atoms with E-state index in [0.29, 0.717) is 12.3 Å². The maximum absolute atomic E-state index is 12.2. The fourth-order valence-electron chi connectivity index (χ4n) is 4.05. The van der Waals surface area contributed by atoms with Gasteiger partial charge >= 0.3 is 5.97 Å². The summed E-state index contributed by atoms with van der Waals surface area (Å²) in [5.74, 6) is -0.394. The van der Waals surface area contributed by atoms with Gasteiger partial charge in [-0.1, -0.05) is 12.8 Å². The van der Waals surface area contributed by atoms with Gasteiger partial charge in [-0.2, -0.15) is 0 Å². The Bertz CT molecular complexity index is 427. The van der Waals surface area contributed by atoms with Crippen LogP contribution in [0.25, 0.3) is 0 Å². The summed E-state index contributed by atoms with van der Waals surface area (Å²) in [6.07, 6.45) is 7.48. The Balaban J connectivity index is 1.38. The second-order valence-electron chi connectivity index (χ2n) is 7.01. The summed E-state index contributed by atoms with van der Waals surface area (Å²) in [6.45, 7) is 1.67. The minimum absolute atomic E-state index is 0.0445. The van der Waals surface area contributed by atoms with E-state index in [2.05, 4.69) is 0 Å². The predicted molar refractivity (Wildman–Crippen MR) is 83.0 cm³/mol. The molecule has 1 N–H and O–H groups in total. The number of carbonyl (C=O) groups excluding carboxylic acids is 1. The number of nitrogens with zero attached hydrogens (tertiary/aromatic N) is 1. The van der Waals surface area contributed by atoms with E-state index in [1.807, 2.05) is 4.90 Å². The first-order valence-corrected chi connectivity index (χ1v) is 8.91. The van der Waals surface area contributed by atoms with Crippen LogP contribution in [0.4, 0.5) is 0 Å². The van der Waals surface area contributed by atoms with Gasteiger partial charge in [0.1, 0.15) is 6.61 Å². The number of piperidine rings is 1. The number of aliphatic carboxylic acids is 1. The highest BCUT2D eigenvalue weighted by Crippen LogP contribution is 2.32. The lowest BCUT2D eigenvalue weighted by Crippen LogP contribution is -2.43. The molecule has 0 radical (unpaired) electrons. The molecule has 2 saturated heterocycles. The first kappa shape index (κ1) is 16.7. The molecule has 6 nitrogen and oxygen atoms in total. The topological polar surface area (TPSA) is 76.1 Å². The summed E-state index contributed by atoms with van der Waals surface area (Å²) in [5, 5.41) is 9.00. The van der Waals surface area contributed by atoms with E-state index >= 15 is 0 Å². The average Bonchev–Trinajstić information content (AvgIpc) is 3.24. The highest BCUT2D eigenvalue weighted by molar-refractivity contribution is 5.77. The number of carboxylic acids is 1. The molecule has 1 saturated carbocycles. The van der Waals surface area contributed by atoms with Crippen molar-refractivity contribution in [1.82, 2.24) is 4.90 Å². The van der Waals surface area contributed by atoms with Gasteiger partial charge in [-0.25, -0.2) is 4.79 Å². The minimum atomic E-state index is -0.857. The fraction of sp³-hybridized carbons (Fsp3) is 0.882. The molecule has 23 heavy (non-hydrogen) atoms. The molecule has 0 aromatic rings. The van der Waals surface area contributed by atoms with Crippen molar-refractivity contribution in [2.75, 3.05) is 19.7 Å². The van der Waals surface area contributed by atoms with E-state index in [-0.39, 0.29) is 24.7 Å². The smallest absolute Gasteiger partial charge is 0.332 e. The Labute approximate surface area is 137 Å². The summed E-state index contributed by atoms with van der Waals surface area (Å²) in [4.78, 5) is 25.1. The molecule has 2 heterocycles. The van der Waals surface area contributed by atoms with E-state index in [1.54, 1.807) is 0 Å². The molecule has 130 valence electrons. The number of hydrogen-bond acceptors (Lipinski definition) is 4. The molecule has 1 amide bonds. The quantitative estimate of drug-likeness (QED) is 0.834. The molecule has 0 unspecified atom stereocenters. The molecule has 3 rings (SSSR count). The zero-order valence-electron chi connectivity index (χ0n) is 13.6. The van der Waals surface area contributed by atoms with Gasteiger partial charge < -0.3 is 19.5 Å². The van der Waals surface area contributed by atoms with Gasteiger partial charge in [0.15, 0.2) is 6.10 Å². The Morgan fingerprint density at radius 2 is 1.74 bits per heavy atom. The van der Waals surface area contributed by atoms with Crippen molar-refractivity contribution >= 4 is 11.9 Å². The molecule has 1 aliphatic carbocycles. The zero-order chi connectivity index (χ0) is 16.2. The minimum Gasteiger partial charge on any atom is -0.479 e.